The Balaban J connectivity index is 2.08. The van der Waals surface area contributed by atoms with Gasteiger partial charge in [0.15, 0.2) is 17.3 Å². The summed E-state index contributed by atoms with van der Waals surface area (Å²) in [5, 5.41) is 3.10. The predicted molar refractivity (Wildman–Crippen MR) is 92.2 cm³/mol. The normalized spacial score (nSPS) is 10.9. The van der Waals surface area contributed by atoms with E-state index in [4.69, 9.17) is 14.2 Å². The zero-order chi connectivity index (χ0) is 17.8. The molecule has 1 rings (SSSR count). The van der Waals surface area contributed by atoms with Crippen molar-refractivity contribution >= 4 is 11.5 Å². The summed E-state index contributed by atoms with van der Waals surface area (Å²) >= 11 is 0. The summed E-state index contributed by atoms with van der Waals surface area (Å²) in [7, 11) is 0. The molecule has 24 heavy (non-hydrogen) atoms. The van der Waals surface area contributed by atoms with Crippen molar-refractivity contribution < 1.29 is 23.4 Å². The topological polar surface area (TPSA) is 56.8 Å². The monoisotopic (exact) mass is 341 g/mol. The van der Waals surface area contributed by atoms with Crippen LogP contribution in [0.25, 0.3) is 0 Å². The van der Waals surface area contributed by atoms with E-state index in [0.717, 1.165) is 12.2 Å². The minimum Gasteiger partial charge on any atom is -0.488 e. The molecule has 136 valence electrons. The first-order chi connectivity index (χ1) is 11.5. The molecule has 1 N–H and O–H groups in total. The third-order valence-corrected chi connectivity index (χ3v) is 3.26. The van der Waals surface area contributed by atoms with E-state index in [0.29, 0.717) is 26.2 Å². The molecule has 0 radical (unpaired) electrons. The van der Waals surface area contributed by atoms with Crippen LogP contribution >= 0.6 is 0 Å². The molecular weight excluding hydrogens is 313 g/mol. The van der Waals surface area contributed by atoms with Gasteiger partial charge in [0.05, 0.1) is 6.61 Å². The Hall–Kier alpha value is -1.66. The van der Waals surface area contributed by atoms with Crippen molar-refractivity contribution in [2.45, 2.75) is 27.2 Å². The highest BCUT2D eigenvalue weighted by Gasteiger charge is 2.06. The average molecular weight is 341 g/mol. The van der Waals surface area contributed by atoms with Gasteiger partial charge in [0.1, 0.15) is 13.2 Å². The first-order valence-corrected chi connectivity index (χ1v) is 8.39. The first-order valence-electron chi connectivity index (χ1n) is 8.39. The number of hydrogen-bond donors (Lipinski definition) is 1. The van der Waals surface area contributed by atoms with E-state index in [9.17, 15) is 9.18 Å². The number of carbonyl (C=O) groups is 1. The van der Waals surface area contributed by atoms with Crippen LogP contribution in [0.5, 0.6) is 5.75 Å². The van der Waals surface area contributed by atoms with E-state index in [2.05, 4.69) is 5.32 Å². The molecule has 0 spiro atoms. The van der Waals surface area contributed by atoms with Gasteiger partial charge in [-0.05, 0) is 25.5 Å². The van der Waals surface area contributed by atoms with Crippen LogP contribution in [0.1, 0.15) is 27.2 Å². The number of ketones is 1. The van der Waals surface area contributed by atoms with E-state index in [1.54, 1.807) is 12.1 Å². The molecule has 6 heteroatoms. The molecule has 0 unspecified atom stereocenters. The van der Waals surface area contributed by atoms with Gasteiger partial charge in [-0.25, -0.2) is 4.39 Å². The molecule has 0 bridgehead atoms. The van der Waals surface area contributed by atoms with E-state index in [1.165, 1.54) is 6.07 Å². The third kappa shape index (κ3) is 8.26. The van der Waals surface area contributed by atoms with Gasteiger partial charge in [0, 0.05) is 37.4 Å². The zero-order valence-corrected chi connectivity index (χ0v) is 14.8. The lowest BCUT2D eigenvalue weighted by Crippen LogP contribution is -2.16. The van der Waals surface area contributed by atoms with Crippen LogP contribution in [0.15, 0.2) is 18.2 Å². The summed E-state index contributed by atoms with van der Waals surface area (Å²) < 4.78 is 29.7. The van der Waals surface area contributed by atoms with Crippen molar-refractivity contribution in [3.05, 3.63) is 24.0 Å². The van der Waals surface area contributed by atoms with Crippen LogP contribution in [0.4, 0.5) is 10.1 Å². The van der Waals surface area contributed by atoms with Crippen LogP contribution in [0.2, 0.25) is 0 Å². The number of halogens is 1. The second-order valence-corrected chi connectivity index (χ2v) is 5.66. The van der Waals surface area contributed by atoms with Crippen LogP contribution in [-0.4, -0.2) is 45.4 Å². The maximum Gasteiger partial charge on any atom is 0.165 e. The number of benzene rings is 1. The van der Waals surface area contributed by atoms with E-state index < -0.39 is 0 Å². The molecule has 0 saturated heterocycles. The Morgan fingerprint density at radius 1 is 1.17 bits per heavy atom. The molecule has 0 heterocycles. The Kier molecular flexibility index (Phi) is 10.0. The number of rotatable bonds is 13. The highest BCUT2D eigenvalue weighted by Crippen LogP contribution is 2.21. The lowest BCUT2D eigenvalue weighted by Gasteiger charge is -2.10. The minimum absolute atomic E-state index is 0.00447. The average Bonchev–Trinajstić information content (AvgIpc) is 2.55. The fourth-order valence-corrected chi connectivity index (χ4v) is 1.84. The smallest absolute Gasteiger partial charge is 0.165 e. The Bertz CT molecular complexity index is 494. The van der Waals surface area contributed by atoms with Crippen molar-refractivity contribution in [2.24, 2.45) is 5.92 Å². The minimum atomic E-state index is -0.389. The van der Waals surface area contributed by atoms with E-state index in [1.807, 2.05) is 20.8 Å². The summed E-state index contributed by atoms with van der Waals surface area (Å²) in [6, 6.07) is 4.69. The molecule has 0 aliphatic rings. The quantitative estimate of drug-likeness (QED) is 0.558. The number of Topliss-reactive ketones (excluding diaryl/α,β-unsaturated/α-hetero) is 1. The first kappa shape index (κ1) is 20.4. The van der Waals surface area contributed by atoms with Gasteiger partial charge < -0.3 is 19.5 Å². The number of hydrogen-bond acceptors (Lipinski definition) is 5. The fourth-order valence-electron chi connectivity index (χ4n) is 1.84. The number of ether oxygens (including phenoxy) is 3. The fraction of sp³-hybridized carbons (Fsp3) is 0.611. The number of carbonyl (C=O) groups excluding carboxylic acids is 1. The molecule has 0 aromatic heterocycles. The predicted octanol–water partition coefficient (Wildman–Crippen LogP) is 3.28. The summed E-state index contributed by atoms with van der Waals surface area (Å²) in [5.74, 6) is -0.0663. The number of anilines is 1. The molecule has 0 fully saturated rings. The third-order valence-electron chi connectivity index (χ3n) is 3.26. The van der Waals surface area contributed by atoms with Crippen LogP contribution in [-0.2, 0) is 14.3 Å². The van der Waals surface area contributed by atoms with Gasteiger partial charge in [-0.1, -0.05) is 13.8 Å². The largest absolute Gasteiger partial charge is 0.488 e. The van der Waals surface area contributed by atoms with Gasteiger partial charge in [-0.3, -0.25) is 4.79 Å². The molecule has 0 atom stereocenters. The summed E-state index contributed by atoms with van der Waals surface area (Å²) in [4.78, 5) is 11.3. The molecule has 1 aromatic carbocycles. The number of nitrogens with one attached hydrogen (secondary N) is 1. The Morgan fingerprint density at radius 3 is 2.62 bits per heavy atom. The Morgan fingerprint density at radius 2 is 1.92 bits per heavy atom. The van der Waals surface area contributed by atoms with Crippen molar-refractivity contribution in [1.29, 1.82) is 0 Å². The highest BCUT2D eigenvalue weighted by molar-refractivity contribution is 5.81. The molecule has 5 nitrogen and oxygen atoms in total. The molecule has 1 aromatic rings. The van der Waals surface area contributed by atoms with Crippen LogP contribution in [0, 0.1) is 11.7 Å². The molecule has 0 saturated carbocycles. The van der Waals surface area contributed by atoms with Crippen molar-refractivity contribution in [3.8, 4) is 5.75 Å². The second-order valence-electron chi connectivity index (χ2n) is 5.66. The van der Waals surface area contributed by atoms with Gasteiger partial charge >= 0.3 is 0 Å². The summed E-state index contributed by atoms with van der Waals surface area (Å²) in [6.07, 6.45) is 0.704. The van der Waals surface area contributed by atoms with Gasteiger partial charge in [0.25, 0.3) is 0 Å². The lowest BCUT2D eigenvalue weighted by molar-refractivity contribution is -0.126. The van der Waals surface area contributed by atoms with Crippen molar-refractivity contribution in [1.82, 2.24) is 0 Å². The van der Waals surface area contributed by atoms with Crippen molar-refractivity contribution in [3.63, 3.8) is 0 Å². The summed E-state index contributed by atoms with van der Waals surface area (Å²) in [5.41, 5.74) is 0.822. The maximum atomic E-state index is 13.6. The van der Waals surface area contributed by atoms with E-state index >= 15 is 0 Å². The maximum absolute atomic E-state index is 13.6. The molecule has 0 aliphatic carbocycles. The standard InChI is InChI=1S/C18H28FNO4/c1-4-20-15-6-7-16(19)18(12-15)24-11-10-22-8-5-9-23-13-17(21)14(2)3/h6-7,12,14,20H,4-5,8-11,13H2,1-3H3. The highest BCUT2D eigenvalue weighted by atomic mass is 19.1. The SMILES string of the molecule is CCNc1ccc(F)c(OCCOCCCOCC(=O)C(C)C)c1. The van der Waals surface area contributed by atoms with Gasteiger partial charge in [-0.2, -0.15) is 0 Å². The molecule has 0 aliphatic heterocycles. The van der Waals surface area contributed by atoms with E-state index in [-0.39, 0.29) is 36.5 Å². The van der Waals surface area contributed by atoms with Crippen LogP contribution in [0.3, 0.4) is 0 Å². The van der Waals surface area contributed by atoms with Crippen molar-refractivity contribution in [2.75, 3.05) is 44.9 Å². The van der Waals surface area contributed by atoms with Crippen LogP contribution < -0.4 is 10.1 Å². The molecule has 0 amide bonds. The summed E-state index contributed by atoms with van der Waals surface area (Å²) in [6.45, 7) is 8.24. The Labute approximate surface area is 143 Å². The van der Waals surface area contributed by atoms with Gasteiger partial charge in [-0.15, -0.1) is 0 Å². The molecular formula is C18H28FNO4. The van der Waals surface area contributed by atoms with Gasteiger partial charge in [0.2, 0.25) is 0 Å². The second kappa shape index (κ2) is 11.8. The zero-order valence-electron chi connectivity index (χ0n) is 14.8. The lowest BCUT2D eigenvalue weighted by atomic mass is 10.1.